The molecule has 0 aliphatic rings. The highest BCUT2D eigenvalue weighted by molar-refractivity contribution is 7.94. The molecule has 0 aliphatic carbocycles. The summed E-state index contributed by atoms with van der Waals surface area (Å²) in [5.41, 5.74) is 0.731. The van der Waals surface area contributed by atoms with Crippen LogP contribution in [0.3, 0.4) is 0 Å². The lowest BCUT2D eigenvalue weighted by Crippen LogP contribution is -2.20. The highest BCUT2D eigenvalue weighted by Crippen LogP contribution is 2.25. The summed E-state index contributed by atoms with van der Waals surface area (Å²) in [7, 11) is -6.07. The van der Waals surface area contributed by atoms with Crippen molar-refractivity contribution in [2.24, 2.45) is 0 Å². The van der Waals surface area contributed by atoms with Crippen LogP contribution in [0.15, 0.2) is 39.4 Å². The molecule has 2 N–H and O–H groups in total. The first-order chi connectivity index (χ1) is 10.2. The maximum absolute atomic E-state index is 12.3. The molecule has 0 unspecified atom stereocenters. The molecule has 0 bridgehead atoms. The van der Waals surface area contributed by atoms with Crippen LogP contribution >= 0.6 is 11.3 Å². The van der Waals surface area contributed by atoms with Crippen molar-refractivity contribution < 1.29 is 16.8 Å². The number of hydrogen-bond donors (Lipinski definition) is 2. The summed E-state index contributed by atoms with van der Waals surface area (Å²) in [4.78, 5) is 0.917. The number of benzene rings is 1. The molecule has 9 heteroatoms. The first kappa shape index (κ1) is 16.9. The maximum Gasteiger partial charge on any atom is 0.271 e. The second kappa shape index (κ2) is 5.99. The van der Waals surface area contributed by atoms with Gasteiger partial charge < -0.3 is 0 Å². The Morgan fingerprint density at radius 1 is 0.955 bits per heavy atom. The van der Waals surface area contributed by atoms with E-state index in [1.54, 1.807) is 19.1 Å². The van der Waals surface area contributed by atoms with Gasteiger partial charge in [0.25, 0.3) is 10.0 Å². The quantitative estimate of drug-likeness (QED) is 0.854. The van der Waals surface area contributed by atoms with Gasteiger partial charge in [0.15, 0.2) is 0 Å². The van der Waals surface area contributed by atoms with Gasteiger partial charge in [-0.05, 0) is 50.7 Å². The van der Waals surface area contributed by atoms with E-state index in [0.717, 1.165) is 16.2 Å². The molecule has 2 rings (SSSR count). The summed E-state index contributed by atoms with van der Waals surface area (Å²) >= 11 is 1.15. The zero-order chi connectivity index (χ0) is 16.5. The van der Waals surface area contributed by atoms with Crippen LogP contribution in [-0.2, 0) is 20.0 Å². The lowest BCUT2D eigenvalue weighted by Gasteiger charge is -2.11. The minimum atomic E-state index is -3.72. The standard InChI is InChI=1S/C13H16N2O4S3/c1-9-4-6-11(8-12(9)21(16,17)14-3)15-22(18,19)13-7-5-10(2)20-13/h4-8,14-15H,1-3H3. The van der Waals surface area contributed by atoms with E-state index < -0.39 is 20.0 Å². The average Bonchev–Trinajstić information content (AvgIpc) is 2.88. The van der Waals surface area contributed by atoms with Crippen LogP contribution in [0.25, 0.3) is 0 Å². The molecule has 0 amide bonds. The van der Waals surface area contributed by atoms with Crippen molar-refractivity contribution in [2.75, 3.05) is 11.8 Å². The second-order valence-electron chi connectivity index (χ2n) is 4.66. The number of sulfonamides is 2. The SMILES string of the molecule is CNS(=O)(=O)c1cc(NS(=O)(=O)c2ccc(C)s2)ccc1C. The Morgan fingerprint density at radius 3 is 2.18 bits per heavy atom. The summed E-state index contributed by atoms with van der Waals surface area (Å²) in [6.45, 7) is 3.46. The Morgan fingerprint density at radius 2 is 1.64 bits per heavy atom. The van der Waals surface area contributed by atoms with E-state index in [9.17, 15) is 16.8 Å². The van der Waals surface area contributed by atoms with Crippen LogP contribution in [0.5, 0.6) is 0 Å². The zero-order valence-electron chi connectivity index (χ0n) is 12.2. The Bertz CT molecular complexity index is 899. The molecule has 0 spiro atoms. The number of rotatable bonds is 5. The van der Waals surface area contributed by atoms with Crippen LogP contribution in [0.2, 0.25) is 0 Å². The third-order valence-corrected chi connectivity index (χ3v) is 7.41. The van der Waals surface area contributed by atoms with Gasteiger partial charge in [-0.25, -0.2) is 21.6 Å². The van der Waals surface area contributed by atoms with E-state index in [4.69, 9.17) is 0 Å². The first-order valence-electron chi connectivity index (χ1n) is 6.29. The molecule has 0 atom stereocenters. The molecule has 1 aromatic carbocycles. The molecule has 1 heterocycles. The summed E-state index contributed by atoms with van der Waals surface area (Å²) in [6, 6.07) is 7.62. The Balaban J connectivity index is 2.41. The van der Waals surface area contributed by atoms with E-state index in [1.165, 1.54) is 25.2 Å². The van der Waals surface area contributed by atoms with Crippen LogP contribution < -0.4 is 9.44 Å². The summed E-state index contributed by atoms with van der Waals surface area (Å²) in [5.74, 6) is 0. The van der Waals surface area contributed by atoms with Gasteiger partial charge in [0.2, 0.25) is 10.0 Å². The number of thiophene rings is 1. The monoisotopic (exact) mass is 360 g/mol. The normalized spacial score (nSPS) is 12.3. The Labute approximate surface area is 134 Å². The van der Waals surface area contributed by atoms with Crippen LogP contribution in [0.1, 0.15) is 10.4 Å². The first-order valence-corrected chi connectivity index (χ1v) is 10.1. The van der Waals surface area contributed by atoms with Crippen molar-refractivity contribution in [1.82, 2.24) is 4.72 Å². The summed E-state index contributed by atoms with van der Waals surface area (Å²) in [5, 5.41) is 0. The van der Waals surface area contributed by atoms with Crippen LogP contribution in [0, 0.1) is 13.8 Å². The minimum absolute atomic E-state index is 0.0394. The third-order valence-electron chi connectivity index (χ3n) is 2.98. The highest BCUT2D eigenvalue weighted by atomic mass is 32.2. The van der Waals surface area contributed by atoms with Crippen LogP contribution in [-0.4, -0.2) is 23.9 Å². The Hall–Kier alpha value is -1.42. The van der Waals surface area contributed by atoms with Crippen molar-refractivity contribution in [3.8, 4) is 0 Å². The predicted molar refractivity (Wildman–Crippen MR) is 87.3 cm³/mol. The molecule has 1 aromatic heterocycles. The average molecular weight is 360 g/mol. The topological polar surface area (TPSA) is 92.3 Å². The van der Waals surface area contributed by atoms with Gasteiger partial charge in [-0.2, -0.15) is 0 Å². The van der Waals surface area contributed by atoms with Gasteiger partial charge in [-0.1, -0.05) is 6.07 Å². The Kier molecular flexibility index (Phi) is 4.62. The molecule has 0 fully saturated rings. The largest absolute Gasteiger partial charge is 0.279 e. The van der Waals surface area contributed by atoms with Crippen molar-refractivity contribution in [3.05, 3.63) is 40.8 Å². The number of anilines is 1. The fraction of sp³-hybridized carbons (Fsp3) is 0.231. The van der Waals surface area contributed by atoms with Crippen LogP contribution in [0.4, 0.5) is 5.69 Å². The highest BCUT2D eigenvalue weighted by Gasteiger charge is 2.19. The molecule has 0 radical (unpaired) electrons. The second-order valence-corrected chi connectivity index (χ2v) is 9.71. The molecular formula is C13H16N2O4S3. The maximum atomic E-state index is 12.3. The van der Waals surface area contributed by atoms with Gasteiger partial charge in [-0.3, -0.25) is 4.72 Å². The van der Waals surface area contributed by atoms with Gasteiger partial charge in [0.1, 0.15) is 4.21 Å². The van der Waals surface area contributed by atoms with E-state index in [0.29, 0.717) is 5.56 Å². The van der Waals surface area contributed by atoms with Crippen molar-refractivity contribution in [2.45, 2.75) is 23.0 Å². The van der Waals surface area contributed by atoms with Crippen molar-refractivity contribution in [1.29, 1.82) is 0 Å². The molecule has 22 heavy (non-hydrogen) atoms. The lowest BCUT2D eigenvalue weighted by atomic mass is 10.2. The predicted octanol–water partition coefficient (Wildman–Crippen LogP) is 2.07. The third kappa shape index (κ3) is 3.49. The van der Waals surface area contributed by atoms with Gasteiger partial charge in [0, 0.05) is 4.88 Å². The zero-order valence-corrected chi connectivity index (χ0v) is 14.7. The molecule has 0 saturated carbocycles. The van der Waals surface area contributed by atoms with E-state index >= 15 is 0 Å². The molecule has 0 saturated heterocycles. The van der Waals surface area contributed by atoms with E-state index in [-0.39, 0.29) is 14.8 Å². The number of nitrogens with one attached hydrogen (secondary N) is 2. The van der Waals surface area contributed by atoms with E-state index in [2.05, 4.69) is 9.44 Å². The fourth-order valence-corrected chi connectivity index (χ4v) is 5.15. The van der Waals surface area contributed by atoms with Crippen molar-refractivity contribution in [3.63, 3.8) is 0 Å². The smallest absolute Gasteiger partial charge is 0.271 e. The number of hydrogen-bond acceptors (Lipinski definition) is 5. The fourth-order valence-electron chi connectivity index (χ4n) is 1.83. The van der Waals surface area contributed by atoms with Gasteiger partial charge in [0.05, 0.1) is 10.6 Å². The molecule has 6 nitrogen and oxygen atoms in total. The molecule has 120 valence electrons. The lowest BCUT2D eigenvalue weighted by molar-refractivity contribution is 0.587. The number of aryl methyl sites for hydroxylation is 2. The molecule has 0 aliphatic heterocycles. The van der Waals surface area contributed by atoms with Crippen molar-refractivity contribution >= 4 is 37.1 Å². The minimum Gasteiger partial charge on any atom is -0.279 e. The van der Waals surface area contributed by atoms with E-state index in [1.807, 2.05) is 6.92 Å². The van der Waals surface area contributed by atoms with Gasteiger partial charge >= 0.3 is 0 Å². The molecular weight excluding hydrogens is 344 g/mol. The van der Waals surface area contributed by atoms with Gasteiger partial charge in [-0.15, -0.1) is 11.3 Å². The summed E-state index contributed by atoms with van der Waals surface area (Å²) in [6.07, 6.45) is 0. The summed E-state index contributed by atoms with van der Waals surface area (Å²) < 4.78 is 53.2. The molecule has 2 aromatic rings.